The highest BCUT2D eigenvalue weighted by atomic mass is 16.5. The highest BCUT2D eigenvalue weighted by Gasteiger charge is 2.25. The van der Waals surface area contributed by atoms with Gasteiger partial charge in [0.1, 0.15) is 17.6 Å². The van der Waals surface area contributed by atoms with Crippen LogP contribution in [0.2, 0.25) is 0 Å². The third kappa shape index (κ3) is 7.43. The number of nitrogens with one attached hydrogen (secondary N) is 2. The van der Waals surface area contributed by atoms with Crippen molar-refractivity contribution >= 4 is 11.6 Å². The van der Waals surface area contributed by atoms with Crippen LogP contribution in [-0.4, -0.2) is 51.8 Å². The number of fused-ring (bicyclic) bond motifs is 1. The quantitative estimate of drug-likeness (QED) is 0.0813. The summed E-state index contributed by atoms with van der Waals surface area (Å²) in [6.45, 7) is -0.283. The molecule has 12 heteroatoms. The van der Waals surface area contributed by atoms with Gasteiger partial charge in [-0.25, -0.2) is 0 Å². The summed E-state index contributed by atoms with van der Waals surface area (Å²) in [5.74, 6) is 1.99. The zero-order valence-corrected chi connectivity index (χ0v) is 27.5. The summed E-state index contributed by atoms with van der Waals surface area (Å²) in [7, 11) is 1.57. The van der Waals surface area contributed by atoms with Crippen molar-refractivity contribution in [3.05, 3.63) is 112 Å². The Morgan fingerprint density at radius 2 is 1.42 bits per heavy atom. The number of hydrogen-bond donors (Lipinski definition) is 6. The first-order valence-electron chi connectivity index (χ1n) is 16.2. The van der Waals surface area contributed by atoms with Gasteiger partial charge in [-0.15, -0.1) is 0 Å². The summed E-state index contributed by atoms with van der Waals surface area (Å²) in [5.41, 5.74) is 6.13. The van der Waals surface area contributed by atoms with Gasteiger partial charge in [-0.2, -0.15) is 0 Å². The first-order chi connectivity index (χ1) is 24.5. The number of methoxy groups -OCH3 is 1. The largest absolute Gasteiger partial charge is 0.493 e. The van der Waals surface area contributed by atoms with E-state index in [0.29, 0.717) is 93.7 Å². The van der Waals surface area contributed by atoms with Crippen molar-refractivity contribution in [2.75, 3.05) is 25.6 Å². The third-order valence-corrected chi connectivity index (χ3v) is 8.58. The molecule has 0 radical (unpaired) electrons. The number of ether oxygens (including phenoxy) is 3. The number of carbonyl (C=O) groups is 1. The van der Waals surface area contributed by atoms with Crippen molar-refractivity contribution in [2.24, 2.45) is 0 Å². The Kier molecular flexibility index (Phi) is 10.9. The Morgan fingerprint density at radius 3 is 2.12 bits per heavy atom. The predicted octanol–water partition coefficient (Wildman–Crippen LogP) is 5.08. The maximum atomic E-state index is 12.6. The van der Waals surface area contributed by atoms with Gasteiger partial charge in [0.2, 0.25) is 0 Å². The number of carbonyl (C=O) groups excluding carboxylic acids is 1. The van der Waals surface area contributed by atoms with E-state index in [-0.39, 0.29) is 32.3 Å². The number of unbranched alkanes of at least 4 members (excludes halogenated alkanes) is 1. The van der Waals surface area contributed by atoms with Crippen molar-refractivity contribution in [2.45, 2.75) is 45.4 Å². The molecule has 1 aromatic heterocycles. The van der Waals surface area contributed by atoms with Crippen LogP contribution in [0.5, 0.6) is 17.2 Å². The smallest absolute Gasteiger partial charge is 0.255 e. The molecule has 2 heterocycles. The van der Waals surface area contributed by atoms with Crippen molar-refractivity contribution < 1.29 is 44.0 Å². The minimum Gasteiger partial charge on any atom is -0.493 e. The van der Waals surface area contributed by atoms with Gasteiger partial charge in [-0.1, -0.05) is 23.4 Å². The van der Waals surface area contributed by atoms with E-state index in [4.69, 9.17) is 18.7 Å². The molecule has 0 spiro atoms. The summed E-state index contributed by atoms with van der Waals surface area (Å²) < 4.78 is 23.2. The number of amides is 1. The summed E-state index contributed by atoms with van der Waals surface area (Å²) in [4.78, 5) is 12.6. The van der Waals surface area contributed by atoms with Crippen molar-refractivity contribution in [1.29, 1.82) is 0 Å². The number of benzene rings is 4. The SMILES string of the molecule is COc1ccc(-c2cc(-c3cc(CO)c(CO)c(CO)c3)no2)cc1OCCCCOc1ccc(C2NC(=O)c3ccccc3N2)cc1CO. The molecule has 5 aromatic rings. The monoisotopic (exact) mass is 681 g/mol. The molecular weight excluding hydrogens is 642 g/mol. The second kappa shape index (κ2) is 15.9. The van der Waals surface area contributed by atoms with Gasteiger partial charge in [0.15, 0.2) is 17.3 Å². The number of aliphatic hydroxyl groups is 4. The molecule has 1 aliphatic rings. The van der Waals surface area contributed by atoms with Gasteiger partial charge >= 0.3 is 0 Å². The fourth-order valence-corrected chi connectivity index (χ4v) is 5.91. The molecule has 0 saturated carbocycles. The van der Waals surface area contributed by atoms with Crippen molar-refractivity contribution in [1.82, 2.24) is 10.5 Å². The number of aliphatic hydroxyl groups excluding tert-OH is 4. The zero-order chi connectivity index (χ0) is 35.0. The molecule has 1 amide bonds. The molecule has 1 unspecified atom stereocenters. The van der Waals surface area contributed by atoms with Crippen LogP contribution in [0.4, 0.5) is 5.69 Å². The van der Waals surface area contributed by atoms with Crippen LogP contribution in [0.25, 0.3) is 22.6 Å². The first-order valence-corrected chi connectivity index (χ1v) is 16.2. The highest BCUT2D eigenvalue weighted by molar-refractivity contribution is 6.01. The lowest BCUT2D eigenvalue weighted by Gasteiger charge is -2.28. The maximum absolute atomic E-state index is 12.6. The first kappa shape index (κ1) is 34.5. The number of para-hydroxylation sites is 1. The third-order valence-electron chi connectivity index (χ3n) is 8.58. The zero-order valence-electron chi connectivity index (χ0n) is 27.5. The normalized spacial score (nSPS) is 13.7. The van der Waals surface area contributed by atoms with Crippen LogP contribution in [0.1, 0.15) is 57.2 Å². The standard InChI is InChI=1S/C38H39N3O9/c1-47-34-11-8-23(35-18-32(41-50-35)25-15-26(19-42)30(22-45)27(16-25)20-43)17-36(34)49-13-5-4-12-48-33-10-9-24(14-28(33)21-44)37-39-31-7-3-2-6-29(31)38(46)40-37/h2-3,6-11,14-18,37,39,42-45H,4-5,12-13,19-22H2,1H3,(H,40,46). The average Bonchev–Trinajstić information content (AvgIpc) is 3.66. The minimum absolute atomic E-state index is 0.161. The molecule has 50 heavy (non-hydrogen) atoms. The van der Waals surface area contributed by atoms with Gasteiger partial charge < -0.3 is 49.8 Å². The lowest BCUT2D eigenvalue weighted by atomic mass is 9.97. The van der Waals surface area contributed by atoms with E-state index < -0.39 is 6.17 Å². The molecule has 0 saturated heterocycles. The number of rotatable bonds is 15. The van der Waals surface area contributed by atoms with Crippen LogP contribution < -0.4 is 24.8 Å². The summed E-state index contributed by atoms with van der Waals surface area (Å²) >= 11 is 0. The van der Waals surface area contributed by atoms with Gasteiger partial charge in [0.05, 0.1) is 52.3 Å². The topological polar surface area (TPSA) is 176 Å². The van der Waals surface area contributed by atoms with Crippen LogP contribution in [0.3, 0.4) is 0 Å². The molecule has 0 bridgehead atoms. The molecule has 12 nitrogen and oxygen atoms in total. The number of nitrogens with zero attached hydrogens (tertiary/aromatic N) is 1. The Bertz CT molecular complexity index is 1930. The van der Waals surface area contributed by atoms with Gasteiger partial charge in [0, 0.05) is 28.4 Å². The fraction of sp³-hybridized carbons (Fsp3) is 0.263. The van der Waals surface area contributed by atoms with E-state index in [9.17, 15) is 25.2 Å². The molecule has 0 aliphatic carbocycles. The molecule has 1 aliphatic heterocycles. The van der Waals surface area contributed by atoms with E-state index in [1.807, 2.05) is 42.5 Å². The Labute approximate surface area is 288 Å². The summed E-state index contributed by atoms with van der Waals surface area (Å²) in [6, 6.07) is 23.4. The predicted molar refractivity (Wildman–Crippen MR) is 185 cm³/mol. The summed E-state index contributed by atoms with van der Waals surface area (Å²) in [6.07, 6.45) is 0.951. The van der Waals surface area contributed by atoms with Crippen molar-refractivity contribution in [3.8, 4) is 39.8 Å². The molecule has 6 rings (SSSR count). The summed E-state index contributed by atoms with van der Waals surface area (Å²) in [5, 5.41) is 49.8. The molecule has 1 atom stereocenters. The Morgan fingerprint density at radius 1 is 0.720 bits per heavy atom. The van der Waals surface area contributed by atoms with Crippen LogP contribution in [-0.2, 0) is 26.4 Å². The number of aromatic nitrogens is 1. The second-order valence-corrected chi connectivity index (χ2v) is 11.7. The van der Waals surface area contributed by atoms with Crippen LogP contribution in [0.15, 0.2) is 83.4 Å². The Balaban J connectivity index is 1.04. The van der Waals surface area contributed by atoms with Gasteiger partial charge in [0.25, 0.3) is 5.91 Å². The van der Waals surface area contributed by atoms with Crippen LogP contribution >= 0.6 is 0 Å². The van der Waals surface area contributed by atoms with Crippen LogP contribution in [0, 0.1) is 0 Å². The van der Waals surface area contributed by atoms with E-state index >= 15 is 0 Å². The van der Waals surface area contributed by atoms with E-state index in [0.717, 1.165) is 11.3 Å². The fourth-order valence-electron chi connectivity index (χ4n) is 5.91. The molecule has 0 fully saturated rings. The maximum Gasteiger partial charge on any atom is 0.255 e. The highest BCUT2D eigenvalue weighted by Crippen LogP contribution is 2.35. The number of hydrogen-bond acceptors (Lipinski definition) is 11. The molecular formula is C38H39N3O9. The molecule has 6 N–H and O–H groups in total. The second-order valence-electron chi connectivity index (χ2n) is 11.7. The van der Waals surface area contributed by atoms with Gasteiger partial charge in [-0.05, 0) is 89.7 Å². The van der Waals surface area contributed by atoms with E-state index in [2.05, 4.69) is 15.8 Å². The van der Waals surface area contributed by atoms with E-state index in [1.165, 1.54) is 0 Å². The Hall–Kier alpha value is -5.40. The van der Waals surface area contributed by atoms with E-state index in [1.54, 1.807) is 43.5 Å². The molecule has 260 valence electrons. The van der Waals surface area contributed by atoms with Crippen molar-refractivity contribution in [3.63, 3.8) is 0 Å². The van der Waals surface area contributed by atoms with Gasteiger partial charge in [-0.3, -0.25) is 4.79 Å². The minimum atomic E-state index is -0.430. The average molecular weight is 682 g/mol. The molecule has 4 aromatic carbocycles. The lowest BCUT2D eigenvalue weighted by molar-refractivity contribution is 0.0935. The lowest BCUT2D eigenvalue weighted by Crippen LogP contribution is -2.38. The number of anilines is 1.